The number of rotatable bonds is 10. The summed E-state index contributed by atoms with van der Waals surface area (Å²) in [5, 5.41) is 12.8. The number of carbonyl (C=O) groups is 2. The van der Waals surface area contributed by atoms with Crippen molar-refractivity contribution >= 4 is 20.4 Å². The Morgan fingerprint density at radius 3 is 1.80 bits per heavy atom. The zero-order valence-electron chi connectivity index (χ0n) is 21.4. The molecule has 1 amide bonds. The summed E-state index contributed by atoms with van der Waals surface area (Å²) in [5.41, 5.74) is -0.607. The van der Waals surface area contributed by atoms with Crippen LogP contribution in [0.25, 0.3) is 0 Å². The molecule has 0 heterocycles. The van der Waals surface area contributed by atoms with E-state index in [9.17, 15) is 14.7 Å². The molecule has 0 aromatic rings. The van der Waals surface area contributed by atoms with E-state index >= 15 is 0 Å². The molecule has 7 heteroatoms. The Morgan fingerprint density at radius 2 is 1.47 bits per heavy atom. The molecule has 30 heavy (non-hydrogen) atoms. The highest BCUT2D eigenvalue weighted by Crippen LogP contribution is 2.39. The van der Waals surface area contributed by atoms with Crippen LogP contribution < -0.4 is 5.32 Å². The van der Waals surface area contributed by atoms with Crippen molar-refractivity contribution in [1.82, 2.24) is 5.32 Å². The Bertz CT molecular complexity index is 561. The van der Waals surface area contributed by atoms with Crippen LogP contribution in [0.2, 0.25) is 18.1 Å². The summed E-state index contributed by atoms with van der Waals surface area (Å²) >= 11 is 0. The Labute approximate surface area is 185 Å². The summed E-state index contributed by atoms with van der Waals surface area (Å²) in [6, 6.07) is -0.324. The summed E-state index contributed by atoms with van der Waals surface area (Å²) < 4.78 is 12.2. The predicted molar refractivity (Wildman–Crippen MR) is 125 cm³/mol. The van der Waals surface area contributed by atoms with Crippen LogP contribution in [-0.2, 0) is 14.0 Å². The third kappa shape index (κ3) is 10.3. The smallest absolute Gasteiger partial charge is 0.407 e. The van der Waals surface area contributed by atoms with E-state index in [0.29, 0.717) is 18.8 Å². The minimum absolute atomic E-state index is 0.0316. The molecule has 0 aliphatic rings. The monoisotopic (exact) mass is 445 g/mol. The standard InChI is InChI=1S/C23H47NO5Si/c1-15(2)13-18(24-21(27)28-22(5,6)7)19(14-17(16(3)4)20(25)26)29-30(11,12)23(8,9)10/h15-19H,13-14H2,1-12H3,(H,24,27)(H,25,26)/t17-,18-,19-/m0/s1. The van der Waals surface area contributed by atoms with Crippen LogP contribution in [0, 0.1) is 17.8 Å². The highest BCUT2D eigenvalue weighted by molar-refractivity contribution is 6.74. The number of hydrogen-bond acceptors (Lipinski definition) is 4. The van der Waals surface area contributed by atoms with Crippen LogP contribution in [0.5, 0.6) is 0 Å². The van der Waals surface area contributed by atoms with E-state index < -0.39 is 38.0 Å². The van der Waals surface area contributed by atoms with E-state index in [1.54, 1.807) is 0 Å². The fourth-order valence-corrected chi connectivity index (χ4v) is 4.40. The second-order valence-electron chi connectivity index (χ2n) is 11.7. The van der Waals surface area contributed by atoms with Crippen molar-refractivity contribution < 1.29 is 23.9 Å². The normalized spacial score (nSPS) is 16.3. The second kappa shape index (κ2) is 11.0. The molecule has 3 atom stereocenters. The highest BCUT2D eigenvalue weighted by Gasteiger charge is 2.42. The molecule has 0 radical (unpaired) electrons. The number of alkyl carbamates (subject to hydrolysis) is 1. The molecule has 0 rings (SSSR count). The summed E-state index contributed by atoms with van der Waals surface area (Å²) in [5.74, 6) is -1.10. The molecular formula is C23H47NO5Si. The number of amides is 1. The largest absolute Gasteiger partial charge is 0.481 e. The van der Waals surface area contributed by atoms with Crippen molar-refractivity contribution in [2.24, 2.45) is 17.8 Å². The van der Waals surface area contributed by atoms with Gasteiger partial charge in [-0.1, -0.05) is 48.5 Å². The number of nitrogens with one attached hydrogen (secondary N) is 1. The molecule has 0 fully saturated rings. The van der Waals surface area contributed by atoms with Gasteiger partial charge in [0.15, 0.2) is 8.32 Å². The Kier molecular flexibility index (Phi) is 10.6. The molecule has 2 N–H and O–H groups in total. The van der Waals surface area contributed by atoms with Gasteiger partial charge in [0, 0.05) is 0 Å². The van der Waals surface area contributed by atoms with Gasteiger partial charge in [-0.05, 0) is 63.6 Å². The van der Waals surface area contributed by atoms with E-state index in [2.05, 4.69) is 53.0 Å². The van der Waals surface area contributed by atoms with Crippen LogP contribution in [-0.4, -0.2) is 43.2 Å². The number of hydrogen-bond donors (Lipinski definition) is 2. The minimum atomic E-state index is -2.20. The molecule has 6 nitrogen and oxygen atoms in total. The van der Waals surface area contributed by atoms with Gasteiger partial charge in [-0.25, -0.2) is 4.79 Å². The SMILES string of the molecule is CC(C)C[C@H](NC(=O)OC(C)(C)C)[C@H](C[C@H](C(=O)O)C(C)C)O[Si](C)(C)C(C)(C)C. The zero-order chi connectivity index (χ0) is 24.1. The van der Waals surface area contributed by atoms with Gasteiger partial charge in [0.1, 0.15) is 5.60 Å². The maximum atomic E-state index is 12.6. The number of aliphatic carboxylic acids is 1. The van der Waals surface area contributed by atoms with Crippen molar-refractivity contribution in [2.75, 3.05) is 0 Å². The van der Waals surface area contributed by atoms with Crippen LogP contribution in [0.4, 0.5) is 4.79 Å². The lowest BCUT2D eigenvalue weighted by atomic mass is 9.86. The molecule has 0 aromatic heterocycles. The van der Waals surface area contributed by atoms with Crippen molar-refractivity contribution in [3.63, 3.8) is 0 Å². The van der Waals surface area contributed by atoms with Crippen LogP contribution in [0.15, 0.2) is 0 Å². The molecule has 0 bridgehead atoms. The van der Waals surface area contributed by atoms with Crippen molar-refractivity contribution in [3.8, 4) is 0 Å². The quantitative estimate of drug-likeness (QED) is 0.399. The summed E-state index contributed by atoms with van der Waals surface area (Å²) in [4.78, 5) is 24.5. The van der Waals surface area contributed by atoms with E-state index in [1.165, 1.54) is 0 Å². The number of carboxylic acid groups (broad SMARTS) is 1. The first-order valence-electron chi connectivity index (χ1n) is 11.2. The van der Waals surface area contributed by atoms with Crippen LogP contribution in [0.1, 0.15) is 82.1 Å². The van der Waals surface area contributed by atoms with E-state index in [1.807, 2.05) is 34.6 Å². The maximum absolute atomic E-state index is 12.6. The highest BCUT2D eigenvalue weighted by atomic mass is 28.4. The molecule has 0 aromatic carbocycles. The molecule has 0 aliphatic heterocycles. The lowest BCUT2D eigenvalue weighted by Gasteiger charge is -2.43. The molecule has 0 aliphatic carbocycles. The van der Waals surface area contributed by atoms with Gasteiger partial charge in [-0.3, -0.25) is 4.79 Å². The van der Waals surface area contributed by atoms with Gasteiger partial charge >= 0.3 is 12.1 Å². The van der Waals surface area contributed by atoms with Crippen molar-refractivity contribution in [3.05, 3.63) is 0 Å². The fraction of sp³-hybridized carbons (Fsp3) is 0.913. The van der Waals surface area contributed by atoms with Gasteiger partial charge < -0.3 is 19.6 Å². The number of carbonyl (C=O) groups excluding carboxylic acids is 1. The average Bonchev–Trinajstić information content (AvgIpc) is 2.46. The summed E-state index contributed by atoms with van der Waals surface area (Å²) in [7, 11) is -2.20. The minimum Gasteiger partial charge on any atom is -0.481 e. The fourth-order valence-electron chi connectivity index (χ4n) is 3.03. The molecule has 0 saturated carbocycles. The summed E-state index contributed by atoms with van der Waals surface area (Å²) in [6.45, 7) is 24.3. The van der Waals surface area contributed by atoms with Gasteiger partial charge in [-0.15, -0.1) is 0 Å². The maximum Gasteiger partial charge on any atom is 0.407 e. The first kappa shape index (κ1) is 28.9. The van der Waals surface area contributed by atoms with Crippen molar-refractivity contribution in [1.29, 1.82) is 0 Å². The Hall–Kier alpha value is -1.08. The molecule has 0 saturated heterocycles. The van der Waals surface area contributed by atoms with Gasteiger partial charge in [0.05, 0.1) is 18.1 Å². The Morgan fingerprint density at radius 1 is 0.967 bits per heavy atom. The lowest BCUT2D eigenvalue weighted by molar-refractivity contribution is -0.144. The van der Waals surface area contributed by atoms with Crippen LogP contribution in [0.3, 0.4) is 0 Å². The molecular weight excluding hydrogens is 398 g/mol. The van der Waals surface area contributed by atoms with Gasteiger partial charge in [0.2, 0.25) is 0 Å². The summed E-state index contributed by atoms with van der Waals surface area (Å²) in [6.07, 6.45) is 0.146. The predicted octanol–water partition coefficient (Wildman–Crippen LogP) is 6.06. The molecule has 0 spiro atoms. The first-order chi connectivity index (χ1) is 13.3. The molecule has 178 valence electrons. The van der Waals surface area contributed by atoms with E-state index in [0.717, 1.165) is 0 Å². The first-order valence-corrected chi connectivity index (χ1v) is 14.1. The van der Waals surface area contributed by atoms with Gasteiger partial charge in [-0.2, -0.15) is 0 Å². The lowest BCUT2D eigenvalue weighted by Crippen LogP contribution is -2.53. The third-order valence-electron chi connectivity index (χ3n) is 5.74. The number of ether oxygens (including phenoxy) is 1. The van der Waals surface area contributed by atoms with Crippen LogP contribution >= 0.6 is 0 Å². The third-order valence-corrected chi connectivity index (χ3v) is 10.2. The number of carboxylic acids is 1. The zero-order valence-corrected chi connectivity index (χ0v) is 22.4. The topological polar surface area (TPSA) is 84.9 Å². The van der Waals surface area contributed by atoms with E-state index in [4.69, 9.17) is 9.16 Å². The van der Waals surface area contributed by atoms with Gasteiger partial charge in [0.25, 0.3) is 0 Å². The van der Waals surface area contributed by atoms with Crippen molar-refractivity contribution in [2.45, 2.75) is 118 Å². The second-order valence-corrected chi connectivity index (χ2v) is 16.5. The van der Waals surface area contributed by atoms with E-state index in [-0.39, 0.29) is 17.0 Å². The molecule has 0 unspecified atom stereocenters. The Balaban J connectivity index is 5.99. The average molecular weight is 446 g/mol.